The first-order valence-electron chi connectivity index (χ1n) is 12.5. The molecule has 1 N–H and O–H groups in total. The number of ether oxygens (including phenoxy) is 1. The molecule has 1 aliphatic heterocycles. The van der Waals surface area contributed by atoms with E-state index in [-0.39, 0.29) is 34.6 Å². The molecule has 1 aliphatic carbocycles. The van der Waals surface area contributed by atoms with E-state index in [1.54, 1.807) is 22.9 Å². The van der Waals surface area contributed by atoms with Crippen molar-refractivity contribution in [3.8, 4) is 0 Å². The molecule has 3 aromatic rings. The van der Waals surface area contributed by atoms with Gasteiger partial charge >= 0.3 is 10.2 Å². The van der Waals surface area contributed by atoms with Gasteiger partial charge in [-0.15, -0.1) is 4.48 Å². The maximum Gasteiger partial charge on any atom is 0.333 e. The average molecular weight is 524 g/mol. The molecule has 37 heavy (non-hydrogen) atoms. The molecule has 1 saturated heterocycles. The predicted molar refractivity (Wildman–Crippen MR) is 138 cm³/mol. The van der Waals surface area contributed by atoms with Crippen LogP contribution in [0.5, 0.6) is 0 Å². The molecule has 0 aromatic heterocycles. The monoisotopic (exact) mass is 523 g/mol. The number of nitrogens with one attached hydrogen (secondary N) is 1. The second kappa shape index (κ2) is 11.1. The van der Waals surface area contributed by atoms with Gasteiger partial charge < -0.3 is 4.74 Å². The summed E-state index contributed by atoms with van der Waals surface area (Å²) in [6, 6.07) is 28.5. The quantitative estimate of drug-likeness (QED) is 0.299. The first kappa shape index (κ1) is 25.5. The Morgan fingerprint density at radius 3 is 1.95 bits per heavy atom. The van der Waals surface area contributed by atoms with Crippen LogP contribution in [0.4, 0.5) is 4.48 Å². The number of likely N-dealkylation sites (tertiary alicyclic amines) is 1. The van der Waals surface area contributed by atoms with E-state index in [0.717, 1.165) is 13.1 Å². The maximum atomic E-state index is 15.1. The zero-order chi connectivity index (χ0) is 25.8. The van der Waals surface area contributed by atoms with Gasteiger partial charge in [0.25, 0.3) is 5.91 Å². The maximum absolute atomic E-state index is 15.1. The standard InChI is InChI=1S/C28H30FN3O4S/c29-32(37(34,35)30-27(33)24-14-8-3-9-15-24)28(25-16-17-25)36-20-21-18-31(19-21)26(22-10-4-1-5-11-22)23-12-6-2-7-13-23/h1-15,21,25-26,28H,16-20H2,(H,30,33). The van der Waals surface area contributed by atoms with Crippen molar-refractivity contribution in [3.05, 3.63) is 108 Å². The molecule has 5 rings (SSSR count). The molecule has 194 valence electrons. The predicted octanol–water partition coefficient (Wildman–Crippen LogP) is 4.32. The molecule has 0 spiro atoms. The first-order chi connectivity index (χ1) is 17.9. The number of amides is 1. The Bertz CT molecular complexity index is 1250. The van der Waals surface area contributed by atoms with Crippen molar-refractivity contribution >= 4 is 16.1 Å². The zero-order valence-electron chi connectivity index (χ0n) is 20.3. The summed E-state index contributed by atoms with van der Waals surface area (Å²) < 4.78 is 47.7. The van der Waals surface area contributed by atoms with Gasteiger partial charge in [0, 0.05) is 35.0 Å². The molecular weight excluding hydrogens is 493 g/mol. The normalized spacial score (nSPS) is 17.5. The highest BCUT2D eigenvalue weighted by Gasteiger charge is 2.44. The lowest BCUT2D eigenvalue weighted by Gasteiger charge is -2.45. The fraction of sp³-hybridized carbons (Fsp3) is 0.321. The summed E-state index contributed by atoms with van der Waals surface area (Å²) in [7, 11) is -4.71. The molecule has 2 fully saturated rings. The van der Waals surface area contributed by atoms with E-state index in [4.69, 9.17) is 4.74 Å². The Balaban J connectivity index is 1.19. The van der Waals surface area contributed by atoms with E-state index >= 15 is 4.48 Å². The molecule has 0 bridgehead atoms. The van der Waals surface area contributed by atoms with Crippen LogP contribution >= 0.6 is 0 Å². The van der Waals surface area contributed by atoms with Crippen LogP contribution in [0, 0.1) is 11.8 Å². The molecule has 0 radical (unpaired) electrons. The van der Waals surface area contributed by atoms with Crippen molar-refractivity contribution in [3.63, 3.8) is 0 Å². The molecule has 1 unspecified atom stereocenters. The van der Waals surface area contributed by atoms with Gasteiger partial charge in [0.2, 0.25) is 0 Å². The van der Waals surface area contributed by atoms with Gasteiger partial charge in [0.1, 0.15) is 0 Å². The molecule has 1 atom stereocenters. The number of nitrogens with zero attached hydrogens (tertiary/aromatic N) is 2. The molecule has 1 saturated carbocycles. The summed E-state index contributed by atoms with van der Waals surface area (Å²) in [5.41, 5.74) is 2.52. The highest BCUT2D eigenvalue weighted by atomic mass is 32.2. The second-order valence-corrected chi connectivity index (χ2v) is 11.2. The van der Waals surface area contributed by atoms with Crippen LogP contribution in [-0.4, -0.2) is 49.7 Å². The zero-order valence-corrected chi connectivity index (χ0v) is 21.1. The van der Waals surface area contributed by atoms with Gasteiger partial charge in [0.15, 0.2) is 6.23 Å². The molecule has 1 heterocycles. The third-order valence-corrected chi connectivity index (χ3v) is 7.91. The fourth-order valence-corrected chi connectivity index (χ4v) is 5.68. The topological polar surface area (TPSA) is 79.0 Å². The minimum Gasteiger partial charge on any atom is -0.359 e. The van der Waals surface area contributed by atoms with E-state index in [1.807, 2.05) is 36.4 Å². The van der Waals surface area contributed by atoms with Crippen LogP contribution in [-0.2, 0) is 14.9 Å². The Kier molecular flexibility index (Phi) is 7.66. The largest absolute Gasteiger partial charge is 0.359 e. The lowest BCUT2D eigenvalue weighted by molar-refractivity contribution is -0.129. The Hall–Kier alpha value is -3.11. The molecule has 3 aromatic carbocycles. The molecular formula is C28H30FN3O4S. The molecule has 7 nitrogen and oxygen atoms in total. The van der Waals surface area contributed by atoms with Gasteiger partial charge in [-0.3, -0.25) is 9.69 Å². The van der Waals surface area contributed by atoms with Gasteiger partial charge in [-0.1, -0.05) is 78.9 Å². The minimum absolute atomic E-state index is 0.101. The van der Waals surface area contributed by atoms with E-state index in [2.05, 4.69) is 29.2 Å². The summed E-state index contributed by atoms with van der Waals surface area (Å²) in [6.07, 6.45) is 0.0940. The highest BCUT2D eigenvalue weighted by Crippen LogP contribution is 2.39. The van der Waals surface area contributed by atoms with Crippen LogP contribution in [0.2, 0.25) is 0 Å². The summed E-state index contributed by atoms with van der Waals surface area (Å²) in [5, 5.41) is 0. The number of hydrogen-bond donors (Lipinski definition) is 1. The summed E-state index contributed by atoms with van der Waals surface area (Å²) in [4.78, 5) is 14.6. The molecule has 1 amide bonds. The lowest BCUT2D eigenvalue weighted by atomic mass is 9.90. The van der Waals surface area contributed by atoms with Crippen LogP contribution in [0.15, 0.2) is 91.0 Å². The smallest absolute Gasteiger partial charge is 0.333 e. The van der Waals surface area contributed by atoms with Gasteiger partial charge in [-0.2, -0.15) is 8.42 Å². The number of rotatable bonds is 11. The summed E-state index contributed by atoms with van der Waals surface area (Å²) in [5.74, 6) is -0.975. The molecule has 2 aliphatic rings. The van der Waals surface area contributed by atoms with Crippen LogP contribution in [0.25, 0.3) is 0 Å². The van der Waals surface area contributed by atoms with Gasteiger partial charge in [-0.25, -0.2) is 4.72 Å². The second-order valence-electron chi connectivity index (χ2n) is 9.65. The van der Waals surface area contributed by atoms with Gasteiger partial charge in [-0.05, 0) is 36.1 Å². The number of halogens is 1. The minimum atomic E-state index is -4.71. The van der Waals surface area contributed by atoms with Gasteiger partial charge in [0.05, 0.1) is 12.6 Å². The number of benzene rings is 3. The Labute approximate surface area is 217 Å². The van der Waals surface area contributed by atoms with Crippen molar-refractivity contribution < 1.29 is 22.4 Å². The first-order valence-corrected chi connectivity index (χ1v) is 13.9. The van der Waals surface area contributed by atoms with E-state index in [0.29, 0.717) is 12.8 Å². The molecule has 9 heteroatoms. The fourth-order valence-electron chi connectivity index (χ4n) is 4.73. The van der Waals surface area contributed by atoms with Crippen molar-refractivity contribution in [1.29, 1.82) is 0 Å². The summed E-state index contributed by atoms with van der Waals surface area (Å²) in [6.45, 7) is 1.72. The lowest BCUT2D eigenvalue weighted by Crippen LogP contribution is -2.52. The highest BCUT2D eigenvalue weighted by molar-refractivity contribution is 7.87. The van der Waals surface area contributed by atoms with Crippen molar-refractivity contribution in [2.45, 2.75) is 25.1 Å². The van der Waals surface area contributed by atoms with Crippen LogP contribution < -0.4 is 4.72 Å². The number of carbonyl (C=O) groups is 1. The van der Waals surface area contributed by atoms with Crippen molar-refractivity contribution in [2.24, 2.45) is 11.8 Å². The van der Waals surface area contributed by atoms with Crippen LogP contribution in [0.1, 0.15) is 40.4 Å². The third kappa shape index (κ3) is 6.07. The van der Waals surface area contributed by atoms with Crippen LogP contribution in [0.3, 0.4) is 0 Å². The average Bonchev–Trinajstić information content (AvgIpc) is 3.74. The summed E-state index contributed by atoms with van der Waals surface area (Å²) >= 11 is 0. The number of carbonyl (C=O) groups excluding carboxylic acids is 1. The van der Waals surface area contributed by atoms with E-state index < -0.39 is 22.3 Å². The SMILES string of the molecule is O=C(NS(=O)(=O)N(F)C(OCC1CN(C(c2ccccc2)c2ccccc2)C1)C1CC1)c1ccccc1. The van der Waals surface area contributed by atoms with Crippen molar-refractivity contribution in [2.75, 3.05) is 19.7 Å². The van der Waals surface area contributed by atoms with E-state index in [1.165, 1.54) is 23.3 Å². The van der Waals surface area contributed by atoms with E-state index in [9.17, 15) is 13.2 Å². The Morgan fingerprint density at radius 2 is 1.43 bits per heavy atom. The van der Waals surface area contributed by atoms with Crippen molar-refractivity contribution in [1.82, 2.24) is 14.1 Å². The Morgan fingerprint density at radius 1 is 0.919 bits per heavy atom. The number of hydrogen-bond acceptors (Lipinski definition) is 5. The third-order valence-electron chi connectivity index (χ3n) is 6.80.